The molecule has 0 saturated heterocycles. The smallest absolute Gasteiger partial charge is 0.351 e. The van der Waals surface area contributed by atoms with Gasteiger partial charge in [0.25, 0.3) is 0 Å². The number of nitrogens with one attached hydrogen (secondary N) is 1. The average Bonchev–Trinajstić information content (AvgIpc) is 2.30. The summed E-state index contributed by atoms with van der Waals surface area (Å²) < 4.78 is 0. The number of anilines is 1. The van der Waals surface area contributed by atoms with Crippen LogP contribution in [0.2, 0.25) is 5.02 Å². The molecule has 0 aromatic heterocycles. The highest BCUT2D eigenvalue weighted by Gasteiger charge is 2.12. The zero-order valence-corrected chi connectivity index (χ0v) is 10.9. The van der Waals surface area contributed by atoms with Crippen LogP contribution in [0.5, 0.6) is 0 Å². The van der Waals surface area contributed by atoms with Crippen LogP contribution in [-0.2, 0) is 4.79 Å². The number of allylic oxidation sites excluding steroid dienone is 1. The Bertz CT molecular complexity index is 509. The molecule has 0 spiro atoms. The van der Waals surface area contributed by atoms with Crippen molar-refractivity contribution < 1.29 is 14.7 Å². The summed E-state index contributed by atoms with van der Waals surface area (Å²) in [6.45, 7) is 3.24. The quantitative estimate of drug-likeness (QED) is 0.634. The van der Waals surface area contributed by atoms with Crippen LogP contribution in [0.25, 0.3) is 0 Å². The normalized spacial score (nSPS) is 11.2. The second-order valence-electron chi connectivity index (χ2n) is 3.70. The van der Waals surface area contributed by atoms with E-state index in [9.17, 15) is 9.59 Å². The maximum Gasteiger partial charge on any atom is 0.351 e. The largest absolute Gasteiger partial charge is 0.477 e. The number of halogens is 1. The highest BCUT2D eigenvalue weighted by Crippen LogP contribution is 2.22. The van der Waals surface area contributed by atoms with E-state index in [1.807, 2.05) is 6.92 Å². The Labute approximate surface area is 110 Å². The minimum absolute atomic E-state index is 0.0438. The van der Waals surface area contributed by atoms with Crippen molar-refractivity contribution in [3.05, 3.63) is 40.6 Å². The third kappa shape index (κ3) is 3.60. The summed E-state index contributed by atoms with van der Waals surface area (Å²) in [4.78, 5) is 22.5. The SMILES string of the molecule is CC/C=C(/Nc1ccc(Cl)cc1C(C)=O)C(=O)O. The maximum absolute atomic E-state index is 11.5. The Kier molecular flexibility index (Phi) is 4.92. The van der Waals surface area contributed by atoms with E-state index < -0.39 is 5.97 Å². The number of carboxylic acid groups (broad SMARTS) is 1. The number of carbonyl (C=O) groups excluding carboxylic acids is 1. The fraction of sp³-hybridized carbons (Fsp3) is 0.231. The van der Waals surface area contributed by atoms with Crippen LogP contribution in [0.1, 0.15) is 30.6 Å². The molecule has 5 heteroatoms. The molecular weight excluding hydrogens is 254 g/mol. The van der Waals surface area contributed by atoms with E-state index in [1.54, 1.807) is 18.2 Å². The lowest BCUT2D eigenvalue weighted by Gasteiger charge is -2.11. The van der Waals surface area contributed by atoms with E-state index in [0.717, 1.165) is 0 Å². The third-order valence-electron chi connectivity index (χ3n) is 2.27. The molecule has 0 heterocycles. The number of carboxylic acids is 1. The molecule has 0 bridgehead atoms. The third-order valence-corrected chi connectivity index (χ3v) is 2.50. The predicted octanol–water partition coefficient (Wildman–Crippen LogP) is 3.33. The molecule has 18 heavy (non-hydrogen) atoms. The molecule has 0 saturated carbocycles. The van der Waals surface area contributed by atoms with Gasteiger partial charge in [-0.25, -0.2) is 4.79 Å². The summed E-state index contributed by atoms with van der Waals surface area (Å²) in [5.74, 6) is -1.25. The second kappa shape index (κ2) is 6.21. The molecule has 0 aliphatic rings. The van der Waals surface area contributed by atoms with Crippen LogP contribution >= 0.6 is 11.6 Å². The van der Waals surface area contributed by atoms with E-state index in [1.165, 1.54) is 13.0 Å². The fourth-order valence-electron chi connectivity index (χ4n) is 1.46. The Morgan fingerprint density at radius 1 is 1.44 bits per heavy atom. The number of hydrogen-bond donors (Lipinski definition) is 2. The summed E-state index contributed by atoms with van der Waals surface area (Å²) in [5.41, 5.74) is 0.849. The van der Waals surface area contributed by atoms with Gasteiger partial charge in [-0.1, -0.05) is 24.6 Å². The van der Waals surface area contributed by atoms with Gasteiger partial charge in [0.1, 0.15) is 5.70 Å². The summed E-state index contributed by atoms with van der Waals surface area (Å²) in [5, 5.41) is 12.2. The van der Waals surface area contributed by atoms with Crippen molar-refractivity contribution in [1.82, 2.24) is 0 Å². The molecular formula is C13H14ClNO3. The van der Waals surface area contributed by atoms with Gasteiger partial charge in [0.2, 0.25) is 0 Å². The van der Waals surface area contributed by atoms with Gasteiger partial charge in [-0.3, -0.25) is 4.79 Å². The van der Waals surface area contributed by atoms with Crippen molar-refractivity contribution in [2.75, 3.05) is 5.32 Å². The Balaban J connectivity index is 3.14. The van der Waals surface area contributed by atoms with Crippen molar-refractivity contribution in [3.63, 3.8) is 0 Å². The number of ketones is 1. The molecule has 0 radical (unpaired) electrons. The zero-order chi connectivity index (χ0) is 13.7. The Morgan fingerprint density at radius 3 is 2.61 bits per heavy atom. The lowest BCUT2D eigenvalue weighted by Crippen LogP contribution is -2.12. The Morgan fingerprint density at radius 2 is 2.11 bits per heavy atom. The fourth-order valence-corrected chi connectivity index (χ4v) is 1.63. The van der Waals surface area contributed by atoms with Crippen LogP contribution in [0, 0.1) is 0 Å². The van der Waals surface area contributed by atoms with E-state index in [4.69, 9.17) is 16.7 Å². The first-order valence-corrected chi connectivity index (χ1v) is 5.84. The van der Waals surface area contributed by atoms with Crippen molar-refractivity contribution in [1.29, 1.82) is 0 Å². The molecule has 0 aliphatic carbocycles. The zero-order valence-electron chi connectivity index (χ0n) is 10.2. The minimum atomic E-state index is -1.07. The molecule has 1 rings (SSSR count). The van der Waals surface area contributed by atoms with Crippen LogP contribution in [0.15, 0.2) is 30.0 Å². The lowest BCUT2D eigenvalue weighted by molar-refractivity contribution is -0.132. The minimum Gasteiger partial charge on any atom is -0.477 e. The standard InChI is InChI=1S/C13H14ClNO3/c1-3-4-12(13(17)18)15-11-6-5-9(14)7-10(11)8(2)16/h4-7,15H,3H2,1-2H3,(H,17,18)/b12-4+. The molecule has 1 aromatic rings. The van der Waals surface area contributed by atoms with Gasteiger partial charge in [-0.05, 0) is 31.5 Å². The summed E-state index contributed by atoms with van der Waals surface area (Å²) in [7, 11) is 0. The van der Waals surface area contributed by atoms with Gasteiger partial charge >= 0.3 is 5.97 Å². The van der Waals surface area contributed by atoms with E-state index in [-0.39, 0.29) is 11.5 Å². The van der Waals surface area contributed by atoms with Gasteiger partial charge in [0.15, 0.2) is 5.78 Å². The van der Waals surface area contributed by atoms with E-state index >= 15 is 0 Å². The number of Topliss-reactive ketones (excluding diaryl/α,β-unsaturated/α-hetero) is 1. The highest BCUT2D eigenvalue weighted by atomic mass is 35.5. The molecule has 1 aromatic carbocycles. The highest BCUT2D eigenvalue weighted by molar-refractivity contribution is 6.31. The van der Waals surface area contributed by atoms with Gasteiger partial charge < -0.3 is 10.4 Å². The van der Waals surface area contributed by atoms with E-state index in [2.05, 4.69) is 5.32 Å². The number of rotatable bonds is 5. The van der Waals surface area contributed by atoms with Crippen molar-refractivity contribution in [3.8, 4) is 0 Å². The van der Waals surface area contributed by atoms with Crippen molar-refractivity contribution >= 4 is 29.0 Å². The van der Waals surface area contributed by atoms with Gasteiger partial charge in [0, 0.05) is 16.3 Å². The first kappa shape index (κ1) is 14.3. The monoisotopic (exact) mass is 267 g/mol. The molecule has 0 amide bonds. The van der Waals surface area contributed by atoms with Crippen LogP contribution in [-0.4, -0.2) is 16.9 Å². The first-order valence-electron chi connectivity index (χ1n) is 5.46. The first-order chi connectivity index (χ1) is 8.45. The lowest BCUT2D eigenvalue weighted by atomic mass is 10.1. The summed E-state index contributed by atoms with van der Waals surface area (Å²) >= 11 is 5.81. The molecule has 0 fully saturated rings. The van der Waals surface area contributed by atoms with Gasteiger partial charge in [-0.2, -0.15) is 0 Å². The molecule has 4 nitrogen and oxygen atoms in total. The number of aliphatic carboxylic acids is 1. The Hall–Kier alpha value is -1.81. The maximum atomic E-state index is 11.5. The molecule has 0 unspecified atom stereocenters. The molecule has 0 aliphatic heterocycles. The summed E-state index contributed by atoms with van der Waals surface area (Å²) in [6.07, 6.45) is 2.12. The predicted molar refractivity (Wildman–Crippen MR) is 71.1 cm³/mol. The van der Waals surface area contributed by atoms with Gasteiger partial charge in [-0.15, -0.1) is 0 Å². The molecule has 0 atom stereocenters. The van der Waals surface area contributed by atoms with Crippen LogP contribution in [0.4, 0.5) is 5.69 Å². The molecule has 2 N–H and O–H groups in total. The average molecular weight is 268 g/mol. The topological polar surface area (TPSA) is 66.4 Å². The van der Waals surface area contributed by atoms with Crippen molar-refractivity contribution in [2.45, 2.75) is 20.3 Å². The van der Waals surface area contributed by atoms with Crippen LogP contribution in [0.3, 0.4) is 0 Å². The number of carbonyl (C=O) groups is 2. The summed E-state index contributed by atoms with van der Waals surface area (Å²) in [6, 6.07) is 4.70. The molecule has 96 valence electrons. The van der Waals surface area contributed by atoms with Crippen molar-refractivity contribution in [2.24, 2.45) is 0 Å². The van der Waals surface area contributed by atoms with E-state index in [0.29, 0.717) is 22.7 Å². The van der Waals surface area contributed by atoms with Gasteiger partial charge in [0.05, 0.1) is 0 Å². The second-order valence-corrected chi connectivity index (χ2v) is 4.14. The number of benzene rings is 1. The van der Waals surface area contributed by atoms with Crippen LogP contribution < -0.4 is 5.32 Å². The number of hydrogen-bond acceptors (Lipinski definition) is 3.